The Hall–Kier alpha value is -2.42. The number of ether oxygens (including phenoxy) is 1. The zero-order valence-corrected chi connectivity index (χ0v) is 13.0. The molecule has 2 N–H and O–H groups in total. The molecule has 0 fully saturated rings. The molecule has 2 rings (SSSR count). The lowest BCUT2D eigenvalue weighted by Crippen LogP contribution is -2.18. The Balaban J connectivity index is 2.54. The van der Waals surface area contributed by atoms with Crippen LogP contribution >= 0.6 is 11.9 Å². The fourth-order valence-corrected chi connectivity index (χ4v) is 1.92. The monoisotopic (exact) mass is 326 g/mol. The molecule has 1 amide bonds. The van der Waals surface area contributed by atoms with Gasteiger partial charge in [0.2, 0.25) is 0 Å². The summed E-state index contributed by atoms with van der Waals surface area (Å²) in [4.78, 5) is 10.7. The summed E-state index contributed by atoms with van der Waals surface area (Å²) in [5.74, 6) is 0.329. The quantitative estimate of drug-likeness (QED) is 0.672. The molecule has 118 valence electrons. The first-order valence-corrected chi connectivity index (χ1v) is 6.63. The van der Waals surface area contributed by atoms with Crippen molar-refractivity contribution in [3.63, 3.8) is 0 Å². The van der Waals surface area contributed by atoms with Crippen molar-refractivity contribution in [1.29, 1.82) is 0 Å². The molecule has 0 aliphatic carbocycles. The summed E-state index contributed by atoms with van der Waals surface area (Å²) in [6.07, 6.45) is 0.478. The van der Waals surface area contributed by atoms with Crippen LogP contribution in [-0.4, -0.2) is 32.1 Å². The molecule has 2 heterocycles. The first-order chi connectivity index (χ1) is 10.3. The van der Waals surface area contributed by atoms with Gasteiger partial charge in [-0.2, -0.15) is 9.61 Å². The zero-order valence-electron chi connectivity index (χ0n) is 12.3. The molecule has 22 heavy (non-hydrogen) atoms. The number of amides is 1. The van der Waals surface area contributed by atoms with Crippen LogP contribution in [0.15, 0.2) is 11.2 Å². The van der Waals surface area contributed by atoms with Gasteiger partial charge in [0, 0.05) is 0 Å². The van der Waals surface area contributed by atoms with Crippen LogP contribution in [0, 0.1) is 0 Å². The maximum atomic E-state index is 10.7. The van der Waals surface area contributed by atoms with Crippen molar-refractivity contribution in [2.75, 3.05) is 0 Å². The third-order valence-corrected chi connectivity index (χ3v) is 2.93. The van der Waals surface area contributed by atoms with Crippen molar-refractivity contribution in [1.82, 2.24) is 19.8 Å². The number of rotatable bonds is 4. The molecule has 0 spiro atoms. The number of carbonyl (C=O) groups excluding carboxylic acids is 1. The van der Waals surface area contributed by atoms with E-state index in [0.29, 0.717) is 17.2 Å². The molecule has 9 nitrogen and oxygen atoms in total. The van der Waals surface area contributed by atoms with Crippen molar-refractivity contribution >= 4 is 29.8 Å². The SMILES string of the molecule is CC(C)(C)c1cc2nnc(COC(N)=O)n2nc1/C=N\OCl. The number of nitrogens with zero attached hydrogens (tertiary/aromatic N) is 5. The number of hydrogen-bond acceptors (Lipinski definition) is 7. The maximum Gasteiger partial charge on any atom is 0.404 e. The summed E-state index contributed by atoms with van der Waals surface area (Å²) < 4.78 is 10.3. The standard InChI is InChI=1S/C12H15ClN6O3/c1-12(2,3)7-4-9-16-17-10(6-21-11(14)20)19(9)18-8(7)5-15-22-13/h4-5H,6H2,1-3H3,(H2,14,20)/b15-5-. The number of carbonyl (C=O) groups is 1. The predicted octanol–water partition coefficient (Wildman–Crippen LogP) is 1.52. The molecule has 0 aliphatic heterocycles. The lowest BCUT2D eigenvalue weighted by molar-refractivity contribution is 0.146. The van der Waals surface area contributed by atoms with E-state index in [1.54, 1.807) is 0 Å². The van der Waals surface area contributed by atoms with Crippen LogP contribution in [0.3, 0.4) is 0 Å². The Morgan fingerprint density at radius 1 is 1.50 bits per heavy atom. The molecule has 2 aromatic heterocycles. The van der Waals surface area contributed by atoms with Crippen LogP contribution in [-0.2, 0) is 21.1 Å². The summed E-state index contributed by atoms with van der Waals surface area (Å²) in [5.41, 5.74) is 6.65. The third-order valence-electron chi connectivity index (χ3n) is 2.85. The second kappa shape index (κ2) is 6.14. The summed E-state index contributed by atoms with van der Waals surface area (Å²) in [6.45, 7) is 5.92. The first kappa shape index (κ1) is 16.0. The molecule has 0 saturated heterocycles. The van der Waals surface area contributed by atoms with Gasteiger partial charge in [0.25, 0.3) is 0 Å². The molecule has 10 heteroatoms. The molecular formula is C12H15ClN6O3. The predicted molar refractivity (Wildman–Crippen MR) is 78.4 cm³/mol. The topological polar surface area (TPSA) is 117 Å². The molecule has 2 aromatic rings. The van der Waals surface area contributed by atoms with E-state index in [1.165, 1.54) is 10.7 Å². The number of primary amides is 1. The normalized spacial score (nSPS) is 12.0. The fourth-order valence-electron chi connectivity index (χ4n) is 1.88. The van der Waals surface area contributed by atoms with Gasteiger partial charge in [-0.25, -0.2) is 4.79 Å². The molecule has 0 aliphatic rings. The lowest BCUT2D eigenvalue weighted by Gasteiger charge is -2.20. The van der Waals surface area contributed by atoms with E-state index in [2.05, 4.69) is 24.8 Å². The number of hydrogen-bond donors (Lipinski definition) is 1. The maximum absolute atomic E-state index is 10.7. The average molecular weight is 327 g/mol. The van der Waals surface area contributed by atoms with Crippen LogP contribution in [0.4, 0.5) is 4.79 Å². The van der Waals surface area contributed by atoms with Gasteiger partial charge in [-0.05, 0) is 17.0 Å². The van der Waals surface area contributed by atoms with Gasteiger partial charge >= 0.3 is 6.09 Å². The van der Waals surface area contributed by atoms with Gasteiger partial charge in [-0.15, -0.1) is 10.2 Å². The van der Waals surface area contributed by atoms with Crippen molar-refractivity contribution in [2.24, 2.45) is 10.9 Å². The van der Waals surface area contributed by atoms with Crippen LogP contribution in [0.5, 0.6) is 0 Å². The molecule has 0 radical (unpaired) electrons. The van der Waals surface area contributed by atoms with E-state index in [0.717, 1.165) is 5.56 Å². The van der Waals surface area contributed by atoms with Gasteiger partial charge in [-0.3, -0.25) is 4.39 Å². The van der Waals surface area contributed by atoms with E-state index in [9.17, 15) is 4.79 Å². The van der Waals surface area contributed by atoms with Gasteiger partial charge in [0.15, 0.2) is 29.9 Å². The highest BCUT2D eigenvalue weighted by molar-refractivity contribution is 6.07. The number of halogens is 1. The van der Waals surface area contributed by atoms with Gasteiger partial charge in [-0.1, -0.05) is 25.9 Å². The fraction of sp³-hybridized carbons (Fsp3) is 0.417. The van der Waals surface area contributed by atoms with E-state index in [1.807, 2.05) is 26.8 Å². The van der Waals surface area contributed by atoms with Crippen molar-refractivity contribution in [2.45, 2.75) is 32.8 Å². The summed E-state index contributed by atoms with van der Waals surface area (Å²) in [5, 5.41) is 15.9. The van der Waals surface area contributed by atoms with Gasteiger partial charge < -0.3 is 10.5 Å². The molecule has 0 unspecified atom stereocenters. The Morgan fingerprint density at radius 2 is 2.23 bits per heavy atom. The summed E-state index contributed by atoms with van der Waals surface area (Å²) >= 11 is 5.10. The van der Waals surface area contributed by atoms with E-state index < -0.39 is 6.09 Å². The zero-order chi connectivity index (χ0) is 16.3. The van der Waals surface area contributed by atoms with Crippen molar-refractivity contribution in [3.05, 3.63) is 23.1 Å². The number of aromatic nitrogens is 4. The van der Waals surface area contributed by atoms with E-state index >= 15 is 0 Å². The second-order valence-electron chi connectivity index (χ2n) is 5.49. The third kappa shape index (κ3) is 3.42. The van der Waals surface area contributed by atoms with E-state index in [4.69, 9.17) is 22.3 Å². The first-order valence-electron chi connectivity index (χ1n) is 6.32. The highest BCUT2D eigenvalue weighted by atomic mass is 35.5. The minimum absolute atomic E-state index is 0.138. The minimum atomic E-state index is -0.902. The Labute approximate surface area is 131 Å². The minimum Gasteiger partial charge on any atom is -0.441 e. The molecule has 0 saturated carbocycles. The number of nitrogens with two attached hydrogens (primary N) is 1. The van der Waals surface area contributed by atoms with Gasteiger partial charge in [0.05, 0.1) is 6.21 Å². The number of fused-ring (bicyclic) bond motifs is 1. The Bertz CT molecular complexity index is 721. The van der Waals surface area contributed by atoms with Crippen LogP contribution in [0.25, 0.3) is 5.65 Å². The lowest BCUT2D eigenvalue weighted by atomic mass is 9.86. The van der Waals surface area contributed by atoms with Crippen LogP contribution in [0.2, 0.25) is 0 Å². The van der Waals surface area contributed by atoms with Crippen LogP contribution < -0.4 is 5.73 Å². The highest BCUT2D eigenvalue weighted by Crippen LogP contribution is 2.25. The Morgan fingerprint density at radius 3 is 2.82 bits per heavy atom. The molecule has 0 aromatic carbocycles. The summed E-state index contributed by atoms with van der Waals surface area (Å²) in [6, 6.07) is 1.82. The highest BCUT2D eigenvalue weighted by Gasteiger charge is 2.21. The second-order valence-corrected chi connectivity index (χ2v) is 5.63. The van der Waals surface area contributed by atoms with E-state index in [-0.39, 0.29) is 12.0 Å². The van der Waals surface area contributed by atoms with Crippen LogP contribution in [0.1, 0.15) is 37.9 Å². The molecule has 0 bridgehead atoms. The summed E-state index contributed by atoms with van der Waals surface area (Å²) in [7, 11) is 0. The van der Waals surface area contributed by atoms with Crippen molar-refractivity contribution < 1.29 is 13.9 Å². The molecular weight excluding hydrogens is 312 g/mol. The largest absolute Gasteiger partial charge is 0.441 e. The molecule has 0 atom stereocenters. The Kier molecular flexibility index (Phi) is 4.45. The average Bonchev–Trinajstić information content (AvgIpc) is 2.83. The number of oxime groups is 1. The smallest absolute Gasteiger partial charge is 0.404 e. The van der Waals surface area contributed by atoms with Gasteiger partial charge in [0.1, 0.15) is 5.69 Å². The van der Waals surface area contributed by atoms with Crippen molar-refractivity contribution in [3.8, 4) is 0 Å².